The fourth-order valence-corrected chi connectivity index (χ4v) is 1.84. The van der Waals surface area contributed by atoms with Gasteiger partial charge in [0.25, 0.3) is 0 Å². The average molecular weight is 258 g/mol. The van der Waals surface area contributed by atoms with Crippen LogP contribution in [0.4, 0.5) is 0 Å². The summed E-state index contributed by atoms with van der Waals surface area (Å²) in [5.41, 5.74) is 2.49. The lowest BCUT2D eigenvalue weighted by Crippen LogP contribution is -2.04. The van der Waals surface area contributed by atoms with Gasteiger partial charge in [-0.1, -0.05) is 6.92 Å². The Morgan fingerprint density at radius 3 is 2.79 bits per heavy atom. The molecule has 98 valence electrons. The van der Waals surface area contributed by atoms with E-state index in [2.05, 4.69) is 9.97 Å². The van der Waals surface area contributed by atoms with Crippen LogP contribution in [0.5, 0.6) is 5.75 Å². The molecular weight excluding hydrogens is 244 g/mol. The van der Waals surface area contributed by atoms with Crippen LogP contribution in [0, 0.1) is 0 Å². The molecule has 5 heteroatoms. The molecule has 0 amide bonds. The van der Waals surface area contributed by atoms with E-state index in [-0.39, 0.29) is 5.82 Å². The van der Waals surface area contributed by atoms with Gasteiger partial charge in [-0.15, -0.1) is 0 Å². The van der Waals surface area contributed by atoms with Crippen molar-refractivity contribution in [2.24, 2.45) is 0 Å². The molecular formula is C14H14N2O3. The molecule has 1 aromatic carbocycles. The highest BCUT2D eigenvalue weighted by molar-refractivity contribution is 5.83. The number of carboxylic acids is 1. The van der Waals surface area contributed by atoms with E-state index >= 15 is 0 Å². The number of ether oxygens (including phenoxy) is 1. The predicted octanol–water partition coefficient (Wildman–Crippen LogP) is 2.41. The van der Waals surface area contributed by atoms with Crippen molar-refractivity contribution in [1.29, 1.82) is 0 Å². The Bertz CT molecular complexity index is 611. The molecule has 0 unspecified atom stereocenters. The Morgan fingerprint density at radius 1 is 1.37 bits per heavy atom. The Balaban J connectivity index is 2.47. The van der Waals surface area contributed by atoms with E-state index in [9.17, 15) is 4.79 Å². The summed E-state index contributed by atoms with van der Waals surface area (Å²) in [4.78, 5) is 18.6. The van der Waals surface area contributed by atoms with Gasteiger partial charge in [0.05, 0.1) is 12.8 Å². The summed E-state index contributed by atoms with van der Waals surface area (Å²) < 4.78 is 5.26. The van der Waals surface area contributed by atoms with Crippen molar-refractivity contribution in [3.05, 3.63) is 41.9 Å². The van der Waals surface area contributed by atoms with E-state index in [1.807, 2.05) is 25.1 Å². The van der Waals surface area contributed by atoms with Gasteiger partial charge in [0.15, 0.2) is 0 Å². The van der Waals surface area contributed by atoms with Gasteiger partial charge >= 0.3 is 5.97 Å². The number of rotatable bonds is 4. The van der Waals surface area contributed by atoms with E-state index in [1.54, 1.807) is 13.2 Å². The van der Waals surface area contributed by atoms with Crippen molar-refractivity contribution in [2.45, 2.75) is 13.3 Å². The molecule has 5 nitrogen and oxygen atoms in total. The molecule has 19 heavy (non-hydrogen) atoms. The molecule has 0 spiro atoms. The van der Waals surface area contributed by atoms with Gasteiger partial charge in [-0.25, -0.2) is 14.8 Å². The number of benzene rings is 1. The number of aryl methyl sites for hydroxylation is 1. The van der Waals surface area contributed by atoms with E-state index in [1.165, 1.54) is 6.20 Å². The standard InChI is InChI=1S/C14H14N2O3/c1-3-9-8-10(4-5-12(9)19-2)11-6-7-15-13(16-11)14(17)18/h4-8H,3H2,1-2H3,(H,17,18). The summed E-state index contributed by atoms with van der Waals surface area (Å²) in [6, 6.07) is 7.35. The van der Waals surface area contributed by atoms with Gasteiger partial charge in [-0.2, -0.15) is 0 Å². The fraction of sp³-hybridized carbons (Fsp3) is 0.214. The molecule has 1 N–H and O–H groups in total. The zero-order chi connectivity index (χ0) is 13.8. The minimum absolute atomic E-state index is 0.202. The van der Waals surface area contributed by atoms with Crippen LogP contribution in [0.3, 0.4) is 0 Å². The van der Waals surface area contributed by atoms with Crippen LogP contribution in [-0.4, -0.2) is 28.2 Å². The van der Waals surface area contributed by atoms with Crippen molar-refractivity contribution in [3.8, 4) is 17.0 Å². The van der Waals surface area contributed by atoms with Crippen LogP contribution in [0.1, 0.15) is 23.1 Å². The van der Waals surface area contributed by atoms with Crippen LogP contribution < -0.4 is 4.74 Å². The van der Waals surface area contributed by atoms with Crippen molar-refractivity contribution < 1.29 is 14.6 Å². The third-order valence-electron chi connectivity index (χ3n) is 2.80. The maximum atomic E-state index is 10.9. The first-order chi connectivity index (χ1) is 9.15. The topological polar surface area (TPSA) is 72.3 Å². The van der Waals surface area contributed by atoms with Gasteiger partial charge in [-0.05, 0) is 36.2 Å². The van der Waals surface area contributed by atoms with E-state index in [4.69, 9.17) is 9.84 Å². The molecule has 0 saturated carbocycles. The van der Waals surface area contributed by atoms with E-state index < -0.39 is 5.97 Å². The van der Waals surface area contributed by atoms with Crippen LogP contribution in [0.15, 0.2) is 30.5 Å². The van der Waals surface area contributed by atoms with Crippen LogP contribution >= 0.6 is 0 Å². The predicted molar refractivity (Wildman–Crippen MR) is 70.4 cm³/mol. The first kappa shape index (κ1) is 13.0. The smallest absolute Gasteiger partial charge is 0.373 e. The Labute approximate surface area is 110 Å². The Morgan fingerprint density at radius 2 is 2.16 bits per heavy atom. The molecule has 0 fully saturated rings. The summed E-state index contributed by atoms with van der Waals surface area (Å²) in [5, 5.41) is 8.89. The lowest BCUT2D eigenvalue weighted by molar-refractivity contribution is 0.0683. The van der Waals surface area contributed by atoms with Crippen LogP contribution in [-0.2, 0) is 6.42 Å². The number of carbonyl (C=O) groups is 1. The van der Waals surface area contributed by atoms with Crippen molar-refractivity contribution in [3.63, 3.8) is 0 Å². The van der Waals surface area contributed by atoms with Gasteiger partial charge in [0, 0.05) is 11.8 Å². The molecule has 0 saturated heterocycles. The maximum Gasteiger partial charge on any atom is 0.373 e. The van der Waals surface area contributed by atoms with Gasteiger partial charge in [0.2, 0.25) is 5.82 Å². The number of aromatic nitrogens is 2. The minimum Gasteiger partial charge on any atom is -0.496 e. The van der Waals surface area contributed by atoms with Gasteiger partial charge < -0.3 is 9.84 Å². The molecule has 0 radical (unpaired) electrons. The molecule has 0 bridgehead atoms. The third kappa shape index (κ3) is 2.70. The summed E-state index contributed by atoms with van der Waals surface area (Å²) in [6.07, 6.45) is 2.27. The number of nitrogens with zero attached hydrogens (tertiary/aromatic N) is 2. The number of carboxylic acid groups (broad SMARTS) is 1. The molecule has 0 atom stereocenters. The Kier molecular flexibility index (Phi) is 3.75. The number of methoxy groups -OCH3 is 1. The first-order valence-electron chi connectivity index (χ1n) is 5.89. The van der Waals surface area contributed by atoms with E-state index in [0.717, 1.165) is 23.3 Å². The number of aromatic carboxylic acids is 1. The SMILES string of the molecule is CCc1cc(-c2ccnc(C(=O)O)n2)ccc1OC. The molecule has 2 rings (SSSR count). The lowest BCUT2D eigenvalue weighted by Gasteiger charge is -2.09. The summed E-state index contributed by atoms with van der Waals surface area (Å²) in [7, 11) is 1.63. The van der Waals surface area contributed by atoms with Crippen molar-refractivity contribution in [1.82, 2.24) is 9.97 Å². The van der Waals surface area contributed by atoms with Gasteiger partial charge in [-0.3, -0.25) is 0 Å². The third-order valence-corrected chi connectivity index (χ3v) is 2.80. The number of hydrogen-bond donors (Lipinski definition) is 1. The first-order valence-corrected chi connectivity index (χ1v) is 5.89. The fourth-order valence-electron chi connectivity index (χ4n) is 1.84. The number of hydrogen-bond acceptors (Lipinski definition) is 4. The van der Waals surface area contributed by atoms with Crippen LogP contribution in [0.25, 0.3) is 11.3 Å². The normalized spacial score (nSPS) is 10.2. The highest BCUT2D eigenvalue weighted by atomic mass is 16.5. The maximum absolute atomic E-state index is 10.9. The summed E-state index contributed by atoms with van der Waals surface area (Å²) in [6.45, 7) is 2.03. The largest absolute Gasteiger partial charge is 0.496 e. The zero-order valence-corrected chi connectivity index (χ0v) is 10.8. The van der Waals surface area contributed by atoms with E-state index in [0.29, 0.717) is 5.69 Å². The highest BCUT2D eigenvalue weighted by Gasteiger charge is 2.10. The highest BCUT2D eigenvalue weighted by Crippen LogP contribution is 2.25. The quantitative estimate of drug-likeness (QED) is 0.911. The second-order valence-electron chi connectivity index (χ2n) is 3.95. The summed E-state index contributed by atoms with van der Waals surface area (Å²) >= 11 is 0. The molecule has 1 aromatic heterocycles. The molecule has 2 aromatic rings. The minimum atomic E-state index is -1.13. The zero-order valence-electron chi connectivity index (χ0n) is 10.8. The Hall–Kier alpha value is -2.43. The molecule has 0 aliphatic rings. The second-order valence-corrected chi connectivity index (χ2v) is 3.95. The molecule has 1 heterocycles. The molecule has 0 aliphatic carbocycles. The van der Waals surface area contributed by atoms with Crippen LogP contribution in [0.2, 0.25) is 0 Å². The monoisotopic (exact) mass is 258 g/mol. The summed E-state index contributed by atoms with van der Waals surface area (Å²) in [5.74, 6) is -0.517. The van der Waals surface area contributed by atoms with Gasteiger partial charge in [0.1, 0.15) is 5.75 Å². The van der Waals surface area contributed by atoms with Crippen molar-refractivity contribution in [2.75, 3.05) is 7.11 Å². The lowest BCUT2D eigenvalue weighted by atomic mass is 10.1. The molecule has 0 aliphatic heterocycles. The second kappa shape index (κ2) is 5.48. The van der Waals surface area contributed by atoms with Crippen molar-refractivity contribution >= 4 is 5.97 Å². The average Bonchev–Trinajstić information content (AvgIpc) is 2.46.